The SMILES string of the molecule is C=C(CC1CC1C)CC1C(C)C1CC(C)=C(C)CC. The van der Waals surface area contributed by atoms with Gasteiger partial charge in [-0.25, -0.2) is 0 Å². The standard InChI is InChI=1S/C19H32/c1-7-13(3)14(4)11-19-16(6)18(19)9-12(2)8-17-10-15(17)5/h15-19H,2,7-11H2,1,3-6H3. The lowest BCUT2D eigenvalue weighted by atomic mass is 9.99. The lowest BCUT2D eigenvalue weighted by Crippen LogP contribution is -1.92. The molecule has 0 aromatic carbocycles. The zero-order valence-corrected chi connectivity index (χ0v) is 13.6. The van der Waals surface area contributed by atoms with Crippen LogP contribution in [0.4, 0.5) is 0 Å². The highest BCUT2D eigenvalue weighted by atomic mass is 14.5. The van der Waals surface area contributed by atoms with Gasteiger partial charge in [0, 0.05) is 0 Å². The second-order valence-electron chi connectivity index (χ2n) is 7.44. The van der Waals surface area contributed by atoms with E-state index in [9.17, 15) is 0 Å². The molecule has 0 spiro atoms. The van der Waals surface area contributed by atoms with Crippen LogP contribution in [0.1, 0.15) is 66.7 Å². The van der Waals surface area contributed by atoms with Gasteiger partial charge >= 0.3 is 0 Å². The van der Waals surface area contributed by atoms with E-state index in [0.717, 1.165) is 29.6 Å². The Morgan fingerprint density at radius 1 is 1.00 bits per heavy atom. The van der Waals surface area contributed by atoms with Crippen LogP contribution in [-0.4, -0.2) is 0 Å². The van der Waals surface area contributed by atoms with E-state index in [1.807, 2.05) is 0 Å². The summed E-state index contributed by atoms with van der Waals surface area (Å²) in [5.74, 6) is 4.74. The molecular weight excluding hydrogens is 228 g/mol. The highest BCUT2D eigenvalue weighted by Gasteiger charge is 2.46. The van der Waals surface area contributed by atoms with E-state index in [4.69, 9.17) is 0 Å². The number of hydrogen-bond acceptors (Lipinski definition) is 0. The van der Waals surface area contributed by atoms with E-state index in [0.29, 0.717) is 0 Å². The summed E-state index contributed by atoms with van der Waals surface area (Å²) in [7, 11) is 0. The molecule has 2 fully saturated rings. The average molecular weight is 260 g/mol. The first-order chi connectivity index (χ1) is 8.93. The number of hydrogen-bond donors (Lipinski definition) is 0. The molecule has 2 aliphatic carbocycles. The Balaban J connectivity index is 1.75. The summed E-state index contributed by atoms with van der Waals surface area (Å²) in [5.41, 5.74) is 4.77. The molecule has 0 nitrogen and oxygen atoms in total. The zero-order chi connectivity index (χ0) is 14.2. The van der Waals surface area contributed by atoms with E-state index >= 15 is 0 Å². The van der Waals surface area contributed by atoms with Gasteiger partial charge in [-0.2, -0.15) is 0 Å². The Labute approximate surface area is 120 Å². The Morgan fingerprint density at radius 2 is 1.58 bits per heavy atom. The van der Waals surface area contributed by atoms with Gasteiger partial charge in [0.25, 0.3) is 0 Å². The first-order valence-electron chi connectivity index (χ1n) is 8.25. The normalized spacial score (nSPS) is 37.8. The fourth-order valence-electron chi connectivity index (χ4n) is 3.61. The van der Waals surface area contributed by atoms with Crippen LogP contribution >= 0.6 is 0 Å². The summed E-state index contributed by atoms with van der Waals surface area (Å²) >= 11 is 0. The van der Waals surface area contributed by atoms with Crippen molar-refractivity contribution < 1.29 is 0 Å². The first kappa shape index (κ1) is 14.9. The maximum absolute atomic E-state index is 4.34. The number of allylic oxidation sites excluding steroid dienone is 3. The highest BCUT2D eigenvalue weighted by Crippen LogP contribution is 2.54. The van der Waals surface area contributed by atoms with Crippen molar-refractivity contribution in [3.63, 3.8) is 0 Å². The monoisotopic (exact) mass is 260 g/mol. The summed E-state index contributed by atoms with van der Waals surface area (Å²) in [6.07, 6.45) is 6.59. The minimum absolute atomic E-state index is 0.924. The maximum atomic E-state index is 4.34. The van der Waals surface area contributed by atoms with Crippen molar-refractivity contribution in [2.75, 3.05) is 0 Å². The van der Waals surface area contributed by atoms with Gasteiger partial charge in [0.2, 0.25) is 0 Å². The van der Waals surface area contributed by atoms with Crippen LogP contribution in [0, 0.1) is 29.6 Å². The largest absolute Gasteiger partial charge is 0.0998 e. The molecule has 108 valence electrons. The van der Waals surface area contributed by atoms with E-state index in [-0.39, 0.29) is 0 Å². The van der Waals surface area contributed by atoms with Crippen molar-refractivity contribution in [1.82, 2.24) is 0 Å². The van der Waals surface area contributed by atoms with Gasteiger partial charge in [-0.15, -0.1) is 0 Å². The van der Waals surface area contributed by atoms with Crippen LogP contribution in [0.15, 0.2) is 23.3 Å². The fraction of sp³-hybridized carbons (Fsp3) is 0.789. The van der Waals surface area contributed by atoms with Crippen LogP contribution in [0.2, 0.25) is 0 Å². The summed E-state index contributed by atoms with van der Waals surface area (Å²) in [6, 6.07) is 0. The van der Waals surface area contributed by atoms with E-state index in [1.165, 1.54) is 37.7 Å². The molecule has 5 unspecified atom stereocenters. The highest BCUT2D eigenvalue weighted by molar-refractivity contribution is 5.15. The Bertz CT molecular complexity index is 373. The van der Waals surface area contributed by atoms with Crippen LogP contribution in [-0.2, 0) is 0 Å². The van der Waals surface area contributed by atoms with Crippen molar-refractivity contribution in [2.24, 2.45) is 29.6 Å². The van der Waals surface area contributed by atoms with E-state index in [2.05, 4.69) is 41.2 Å². The van der Waals surface area contributed by atoms with Gasteiger partial charge in [0.05, 0.1) is 0 Å². The topological polar surface area (TPSA) is 0 Å². The predicted octanol–water partition coefficient (Wildman–Crippen LogP) is 6.00. The second-order valence-corrected chi connectivity index (χ2v) is 7.44. The van der Waals surface area contributed by atoms with Gasteiger partial charge in [0.1, 0.15) is 0 Å². The quantitative estimate of drug-likeness (QED) is 0.493. The Hall–Kier alpha value is -0.520. The van der Waals surface area contributed by atoms with Crippen LogP contribution in [0.25, 0.3) is 0 Å². The van der Waals surface area contributed by atoms with Crippen molar-refractivity contribution in [1.29, 1.82) is 0 Å². The molecule has 2 rings (SSSR count). The van der Waals surface area contributed by atoms with Crippen LogP contribution in [0.3, 0.4) is 0 Å². The molecule has 0 aromatic heterocycles. The number of rotatable bonds is 7. The fourth-order valence-corrected chi connectivity index (χ4v) is 3.61. The molecule has 19 heavy (non-hydrogen) atoms. The molecule has 5 atom stereocenters. The summed E-state index contributed by atoms with van der Waals surface area (Å²) in [4.78, 5) is 0. The molecule has 0 bridgehead atoms. The predicted molar refractivity (Wildman–Crippen MR) is 85.1 cm³/mol. The van der Waals surface area contributed by atoms with Crippen LogP contribution in [0.5, 0.6) is 0 Å². The minimum atomic E-state index is 0.924. The van der Waals surface area contributed by atoms with E-state index < -0.39 is 0 Å². The van der Waals surface area contributed by atoms with Gasteiger partial charge in [-0.1, -0.05) is 44.1 Å². The summed E-state index contributed by atoms with van der Waals surface area (Å²) in [5, 5.41) is 0. The van der Waals surface area contributed by atoms with Crippen molar-refractivity contribution >= 4 is 0 Å². The van der Waals surface area contributed by atoms with Gasteiger partial charge < -0.3 is 0 Å². The molecule has 0 N–H and O–H groups in total. The lowest BCUT2D eigenvalue weighted by molar-refractivity contribution is 0.640. The van der Waals surface area contributed by atoms with E-state index in [1.54, 1.807) is 11.1 Å². The smallest absolute Gasteiger partial charge is 0.0286 e. The summed E-state index contributed by atoms with van der Waals surface area (Å²) < 4.78 is 0. The molecule has 0 amide bonds. The molecule has 0 aromatic rings. The van der Waals surface area contributed by atoms with Crippen LogP contribution < -0.4 is 0 Å². The molecule has 2 aliphatic rings. The van der Waals surface area contributed by atoms with Gasteiger partial charge in [-0.3, -0.25) is 0 Å². The second kappa shape index (κ2) is 5.85. The third-order valence-electron chi connectivity index (χ3n) is 5.91. The maximum Gasteiger partial charge on any atom is -0.0286 e. The molecular formula is C19H32. The minimum Gasteiger partial charge on any atom is -0.0998 e. The van der Waals surface area contributed by atoms with Crippen molar-refractivity contribution in [3.05, 3.63) is 23.3 Å². The molecule has 2 saturated carbocycles. The molecule has 0 heterocycles. The summed E-state index contributed by atoms with van der Waals surface area (Å²) in [6.45, 7) is 16.1. The van der Waals surface area contributed by atoms with Crippen molar-refractivity contribution in [3.8, 4) is 0 Å². The molecule has 0 aliphatic heterocycles. The van der Waals surface area contributed by atoms with Gasteiger partial charge in [-0.05, 0) is 75.5 Å². The Kier molecular flexibility index (Phi) is 4.58. The van der Waals surface area contributed by atoms with Gasteiger partial charge in [0.15, 0.2) is 0 Å². The van der Waals surface area contributed by atoms with Crippen molar-refractivity contribution in [2.45, 2.75) is 66.7 Å². The average Bonchev–Trinajstić information content (AvgIpc) is 3.21. The third kappa shape index (κ3) is 3.74. The molecule has 0 radical (unpaired) electrons. The first-order valence-corrected chi connectivity index (χ1v) is 8.25. The lowest BCUT2D eigenvalue weighted by Gasteiger charge is -2.07. The molecule has 0 heteroatoms. The molecule has 0 saturated heterocycles. The Morgan fingerprint density at radius 3 is 2.11 bits per heavy atom. The third-order valence-corrected chi connectivity index (χ3v) is 5.91. The zero-order valence-electron chi connectivity index (χ0n) is 13.6.